The summed E-state index contributed by atoms with van der Waals surface area (Å²) in [6.07, 6.45) is 0. The van der Waals surface area contributed by atoms with Crippen LogP contribution in [0.1, 0.15) is 24.2 Å². The Labute approximate surface area is 99.9 Å². The van der Waals surface area contributed by atoms with E-state index in [2.05, 4.69) is 0 Å². The number of phenols is 1. The van der Waals surface area contributed by atoms with E-state index in [1.54, 1.807) is 6.92 Å². The number of aromatic hydroxyl groups is 1. The number of methoxy groups -OCH3 is 2. The van der Waals surface area contributed by atoms with E-state index in [1.165, 1.54) is 27.2 Å². The molecule has 0 unspecified atom stereocenters. The van der Waals surface area contributed by atoms with Gasteiger partial charge in [-0.05, 0) is 19.9 Å². The lowest BCUT2D eigenvalue weighted by Gasteiger charge is -2.16. The Kier molecular flexibility index (Phi) is 4.20. The van der Waals surface area contributed by atoms with Crippen LogP contribution < -0.4 is 14.2 Å². The Hall–Kier alpha value is -1.91. The monoisotopic (exact) mass is 240 g/mol. The minimum absolute atomic E-state index is 0.108. The number of hydrogen-bond acceptors (Lipinski definition) is 5. The van der Waals surface area contributed by atoms with Crippen LogP contribution in [0.2, 0.25) is 0 Å². The van der Waals surface area contributed by atoms with Crippen LogP contribution in [0.3, 0.4) is 0 Å². The Morgan fingerprint density at radius 2 is 1.94 bits per heavy atom. The standard InChI is InChI=1S/C12H16O5/c1-5-17-11-9(15-3)6-8(7(2)13)10(14)12(11)16-4/h6,14H,5H2,1-4H3. The summed E-state index contributed by atoms with van der Waals surface area (Å²) in [5.41, 5.74) is 0.141. The Balaban J connectivity index is 3.49. The van der Waals surface area contributed by atoms with Gasteiger partial charge in [-0.15, -0.1) is 0 Å². The zero-order valence-corrected chi connectivity index (χ0v) is 10.4. The highest BCUT2D eigenvalue weighted by Gasteiger charge is 2.22. The number of ether oxygens (including phenoxy) is 3. The predicted molar refractivity (Wildman–Crippen MR) is 62.4 cm³/mol. The zero-order valence-electron chi connectivity index (χ0n) is 10.4. The Morgan fingerprint density at radius 1 is 1.29 bits per heavy atom. The lowest BCUT2D eigenvalue weighted by molar-refractivity contribution is 0.101. The average Bonchev–Trinajstić information content (AvgIpc) is 2.29. The maximum absolute atomic E-state index is 11.4. The summed E-state index contributed by atoms with van der Waals surface area (Å²) >= 11 is 0. The summed E-state index contributed by atoms with van der Waals surface area (Å²) < 4.78 is 15.5. The van der Waals surface area contributed by atoms with Crippen molar-refractivity contribution in [3.8, 4) is 23.0 Å². The van der Waals surface area contributed by atoms with E-state index in [0.29, 0.717) is 18.1 Å². The number of rotatable bonds is 5. The minimum Gasteiger partial charge on any atom is -0.504 e. The average molecular weight is 240 g/mol. The quantitative estimate of drug-likeness (QED) is 0.797. The van der Waals surface area contributed by atoms with Gasteiger partial charge in [0, 0.05) is 0 Å². The van der Waals surface area contributed by atoms with Crippen molar-refractivity contribution in [3.05, 3.63) is 11.6 Å². The van der Waals surface area contributed by atoms with Crippen LogP contribution in [0.5, 0.6) is 23.0 Å². The van der Waals surface area contributed by atoms with Crippen LogP contribution in [0.4, 0.5) is 0 Å². The lowest BCUT2D eigenvalue weighted by Crippen LogP contribution is -2.02. The van der Waals surface area contributed by atoms with Crippen molar-refractivity contribution in [1.82, 2.24) is 0 Å². The first-order chi connectivity index (χ1) is 8.06. The van der Waals surface area contributed by atoms with E-state index in [4.69, 9.17) is 14.2 Å². The summed E-state index contributed by atoms with van der Waals surface area (Å²) in [4.78, 5) is 11.4. The molecule has 0 aromatic heterocycles. The number of carbonyl (C=O) groups excluding carboxylic acids is 1. The maximum Gasteiger partial charge on any atom is 0.207 e. The Bertz CT molecular complexity index is 425. The van der Waals surface area contributed by atoms with Gasteiger partial charge in [0.1, 0.15) is 0 Å². The maximum atomic E-state index is 11.4. The van der Waals surface area contributed by atoms with Gasteiger partial charge < -0.3 is 19.3 Å². The third-order valence-electron chi connectivity index (χ3n) is 2.27. The highest BCUT2D eigenvalue weighted by molar-refractivity contribution is 5.98. The van der Waals surface area contributed by atoms with Crippen molar-refractivity contribution in [2.45, 2.75) is 13.8 Å². The first-order valence-corrected chi connectivity index (χ1v) is 5.18. The third kappa shape index (κ3) is 2.43. The van der Waals surface area contributed by atoms with Gasteiger partial charge >= 0.3 is 0 Å². The molecule has 0 radical (unpaired) electrons. The van der Waals surface area contributed by atoms with Crippen molar-refractivity contribution in [2.75, 3.05) is 20.8 Å². The molecule has 0 bridgehead atoms. The number of ketones is 1. The van der Waals surface area contributed by atoms with Gasteiger partial charge in [-0.2, -0.15) is 0 Å². The number of benzene rings is 1. The van der Waals surface area contributed by atoms with E-state index in [9.17, 15) is 9.90 Å². The molecule has 1 aromatic carbocycles. The van der Waals surface area contributed by atoms with Gasteiger partial charge in [-0.25, -0.2) is 0 Å². The van der Waals surface area contributed by atoms with Gasteiger partial charge in [0.05, 0.1) is 26.4 Å². The molecule has 0 fully saturated rings. The molecule has 0 heterocycles. The van der Waals surface area contributed by atoms with Gasteiger partial charge in [0.2, 0.25) is 11.5 Å². The second-order valence-corrected chi connectivity index (χ2v) is 3.33. The van der Waals surface area contributed by atoms with E-state index in [0.717, 1.165) is 0 Å². The summed E-state index contributed by atoms with van der Waals surface area (Å²) in [5, 5.41) is 9.91. The first-order valence-electron chi connectivity index (χ1n) is 5.18. The molecule has 0 aliphatic rings. The topological polar surface area (TPSA) is 65.0 Å². The minimum atomic E-state index is -0.276. The molecular formula is C12H16O5. The molecule has 0 aliphatic carbocycles. The number of hydrogen-bond donors (Lipinski definition) is 1. The molecule has 0 saturated heterocycles. The SMILES string of the molecule is CCOc1c(OC)cc(C(C)=O)c(O)c1OC. The second kappa shape index (κ2) is 5.43. The normalized spacial score (nSPS) is 9.88. The molecular weight excluding hydrogens is 224 g/mol. The predicted octanol–water partition coefficient (Wildman–Crippen LogP) is 2.01. The van der Waals surface area contributed by atoms with Crippen LogP contribution in [-0.2, 0) is 0 Å². The van der Waals surface area contributed by atoms with Gasteiger partial charge in [0.15, 0.2) is 17.3 Å². The van der Waals surface area contributed by atoms with E-state index < -0.39 is 0 Å². The highest BCUT2D eigenvalue weighted by Crippen LogP contribution is 2.46. The van der Waals surface area contributed by atoms with Crippen molar-refractivity contribution < 1.29 is 24.1 Å². The fourth-order valence-electron chi connectivity index (χ4n) is 1.50. The van der Waals surface area contributed by atoms with Crippen molar-refractivity contribution >= 4 is 5.78 Å². The highest BCUT2D eigenvalue weighted by atomic mass is 16.5. The van der Waals surface area contributed by atoms with Crippen molar-refractivity contribution in [2.24, 2.45) is 0 Å². The van der Waals surface area contributed by atoms with Crippen LogP contribution in [-0.4, -0.2) is 31.7 Å². The van der Waals surface area contributed by atoms with Crippen LogP contribution >= 0.6 is 0 Å². The molecule has 1 rings (SSSR count). The molecule has 5 heteroatoms. The molecule has 0 saturated carbocycles. The van der Waals surface area contributed by atoms with Crippen LogP contribution in [0, 0.1) is 0 Å². The van der Waals surface area contributed by atoms with Crippen molar-refractivity contribution in [1.29, 1.82) is 0 Å². The number of Topliss-reactive ketones (excluding diaryl/α,β-unsaturated/α-hetero) is 1. The zero-order chi connectivity index (χ0) is 13.0. The number of carbonyl (C=O) groups is 1. The molecule has 1 N–H and O–H groups in total. The van der Waals surface area contributed by atoms with E-state index >= 15 is 0 Å². The third-order valence-corrected chi connectivity index (χ3v) is 2.27. The van der Waals surface area contributed by atoms with Gasteiger partial charge in [-0.3, -0.25) is 4.79 Å². The largest absolute Gasteiger partial charge is 0.504 e. The summed E-state index contributed by atoms with van der Waals surface area (Å²) in [5.74, 6) is 0.245. The van der Waals surface area contributed by atoms with E-state index in [-0.39, 0.29) is 22.8 Å². The fourth-order valence-corrected chi connectivity index (χ4v) is 1.50. The van der Waals surface area contributed by atoms with Crippen LogP contribution in [0.15, 0.2) is 6.07 Å². The molecule has 94 valence electrons. The molecule has 0 aliphatic heterocycles. The molecule has 5 nitrogen and oxygen atoms in total. The fraction of sp³-hybridized carbons (Fsp3) is 0.417. The summed E-state index contributed by atoms with van der Waals surface area (Å²) in [7, 11) is 2.85. The molecule has 0 atom stereocenters. The molecule has 0 amide bonds. The van der Waals surface area contributed by atoms with Crippen LogP contribution in [0.25, 0.3) is 0 Å². The molecule has 17 heavy (non-hydrogen) atoms. The van der Waals surface area contributed by atoms with Crippen molar-refractivity contribution in [3.63, 3.8) is 0 Å². The van der Waals surface area contributed by atoms with E-state index in [1.807, 2.05) is 0 Å². The number of phenolic OH excluding ortho intramolecular Hbond substituents is 1. The smallest absolute Gasteiger partial charge is 0.207 e. The summed E-state index contributed by atoms with van der Waals surface area (Å²) in [6, 6.07) is 1.44. The van der Waals surface area contributed by atoms with Gasteiger partial charge in [0.25, 0.3) is 0 Å². The Morgan fingerprint density at radius 3 is 2.35 bits per heavy atom. The lowest BCUT2D eigenvalue weighted by atomic mass is 10.1. The second-order valence-electron chi connectivity index (χ2n) is 3.33. The first kappa shape index (κ1) is 13.2. The van der Waals surface area contributed by atoms with Gasteiger partial charge in [-0.1, -0.05) is 0 Å². The molecule has 1 aromatic rings. The summed E-state index contributed by atoms with van der Waals surface area (Å²) in [6.45, 7) is 3.55. The molecule has 0 spiro atoms.